The number of amides is 2. The minimum absolute atomic E-state index is 0.00323. The number of aliphatic carboxylic acids is 2. The van der Waals surface area contributed by atoms with Gasteiger partial charge in [0.25, 0.3) is 11.8 Å². The van der Waals surface area contributed by atoms with Crippen LogP contribution in [-0.4, -0.2) is 87.2 Å². The zero-order valence-electron chi connectivity index (χ0n) is 22.4. The first kappa shape index (κ1) is 29.5. The van der Waals surface area contributed by atoms with Gasteiger partial charge in [-0.15, -0.1) is 23.1 Å². The molecule has 2 amide bonds. The summed E-state index contributed by atoms with van der Waals surface area (Å²) in [6, 6.07) is 1.39. The number of oxime groups is 1. The van der Waals surface area contributed by atoms with E-state index in [0.717, 1.165) is 16.2 Å². The highest BCUT2D eigenvalue weighted by Gasteiger charge is 2.54. The maximum absolute atomic E-state index is 13.2. The number of aromatic nitrogens is 3. The van der Waals surface area contributed by atoms with Gasteiger partial charge in [0.05, 0.1) is 12.7 Å². The van der Waals surface area contributed by atoms with Gasteiger partial charge in [-0.3, -0.25) is 24.0 Å². The van der Waals surface area contributed by atoms with Gasteiger partial charge >= 0.3 is 11.9 Å². The average molecular weight is 630 g/mol. The van der Waals surface area contributed by atoms with Crippen LogP contribution in [0, 0.1) is 0 Å². The molecule has 0 bridgehead atoms. The summed E-state index contributed by atoms with van der Waals surface area (Å²) in [6.07, 6.45) is 2.95. The van der Waals surface area contributed by atoms with Crippen LogP contribution in [0.4, 0.5) is 5.13 Å². The first-order chi connectivity index (χ1) is 20.3. The van der Waals surface area contributed by atoms with Gasteiger partial charge in [0.2, 0.25) is 11.0 Å². The van der Waals surface area contributed by atoms with Crippen molar-refractivity contribution in [3.8, 4) is 16.9 Å². The third kappa shape index (κ3) is 5.61. The molecule has 4 aliphatic rings. The predicted octanol–water partition coefficient (Wildman–Crippen LogP) is 0.115. The lowest BCUT2D eigenvalue weighted by atomic mass is 10.0. The molecule has 2 atom stereocenters. The molecule has 6 N–H and O–H groups in total. The van der Waals surface area contributed by atoms with E-state index in [9.17, 15) is 39.3 Å². The number of thiazole rings is 1. The number of nitrogens with two attached hydrogens (primary N) is 1. The molecular weight excluding hydrogens is 606 g/mol. The Hall–Kier alpha value is -4.97. The van der Waals surface area contributed by atoms with Crippen LogP contribution in [0.2, 0.25) is 0 Å². The molecule has 3 aliphatic heterocycles. The van der Waals surface area contributed by atoms with Gasteiger partial charge in [0, 0.05) is 28.5 Å². The molecule has 1 saturated heterocycles. The molecule has 0 saturated carbocycles. The van der Waals surface area contributed by atoms with E-state index >= 15 is 0 Å². The van der Waals surface area contributed by atoms with Crippen LogP contribution < -0.4 is 16.5 Å². The molecule has 0 radical (unpaired) electrons. The van der Waals surface area contributed by atoms with Crippen LogP contribution in [0.25, 0.3) is 11.1 Å². The van der Waals surface area contributed by atoms with E-state index in [0.29, 0.717) is 16.7 Å². The third-order valence-electron chi connectivity index (χ3n) is 6.55. The Morgan fingerprint density at radius 1 is 1.23 bits per heavy atom. The molecule has 1 aliphatic carbocycles. The average Bonchev–Trinajstić information content (AvgIpc) is 3.37. The minimum atomic E-state index is -1.79. The Balaban J connectivity index is 1.37. The van der Waals surface area contributed by atoms with E-state index in [-0.39, 0.29) is 28.8 Å². The van der Waals surface area contributed by atoms with Crippen molar-refractivity contribution in [3.05, 3.63) is 57.1 Å². The maximum Gasteiger partial charge on any atom is 0.352 e. The highest BCUT2D eigenvalue weighted by atomic mass is 32.2. The number of benzene rings is 1. The molecule has 5 rings (SSSR count). The standard InChI is InChI=1S/C25H23N7O9S2/c1-25(2,23(39)40)41-30-16(13-9-43-24(26)28-13)19(35)29-17-20(36)32-18(22(37)38)12(8-42-21(17)32)7-31-6-11-4-15(34)14(33)3-10(11)5-27-31/h3-6,9,17,21,34H,7-8H2,1-2H3,(H2,26,28)(H,29,35)(H,37,38)(H,39,40)/b30-16-. The Kier molecular flexibility index (Phi) is 7.57. The number of nitrogen functional groups attached to an aromatic ring is 1. The normalized spacial score (nSPS) is 18.7. The Bertz CT molecular complexity index is 1760. The molecule has 1 fully saturated rings. The van der Waals surface area contributed by atoms with Crippen LogP contribution in [0.15, 0.2) is 51.1 Å². The second-order valence-corrected chi connectivity index (χ2v) is 12.0. The third-order valence-corrected chi connectivity index (χ3v) is 8.56. The fourth-order valence-electron chi connectivity index (χ4n) is 4.25. The number of thioether (sulfide) groups is 1. The van der Waals surface area contributed by atoms with Crippen LogP contribution in [0.3, 0.4) is 0 Å². The molecule has 2 unspecified atom stereocenters. The summed E-state index contributed by atoms with van der Waals surface area (Å²) in [5, 5.41) is 40.3. The van der Waals surface area contributed by atoms with Gasteiger partial charge in [-0.05, 0) is 31.6 Å². The number of nitrogens with one attached hydrogen (secondary N) is 1. The number of rotatable bonds is 9. The van der Waals surface area contributed by atoms with Gasteiger partial charge in [-0.2, -0.15) is 5.10 Å². The van der Waals surface area contributed by atoms with Crippen LogP contribution in [0.5, 0.6) is 5.75 Å². The van der Waals surface area contributed by atoms with Gasteiger partial charge in [-0.25, -0.2) is 14.6 Å². The number of phenolic OH excluding ortho intramolecular Hbond substituents is 1. The van der Waals surface area contributed by atoms with E-state index in [2.05, 4.69) is 20.6 Å². The molecular formula is C25H23N7O9S2. The van der Waals surface area contributed by atoms with Crippen LogP contribution >= 0.6 is 23.1 Å². The fourth-order valence-corrected chi connectivity index (χ4v) is 6.13. The molecule has 4 heterocycles. The lowest BCUT2D eigenvalue weighted by molar-refractivity contribution is -0.161. The number of hydrogen-bond donors (Lipinski definition) is 5. The predicted molar refractivity (Wildman–Crippen MR) is 152 cm³/mol. The number of hydrogen-bond acceptors (Lipinski definition) is 13. The van der Waals surface area contributed by atoms with Crippen LogP contribution in [0.1, 0.15) is 19.5 Å². The van der Waals surface area contributed by atoms with Crippen molar-refractivity contribution in [2.45, 2.75) is 37.4 Å². The second-order valence-electron chi connectivity index (χ2n) is 9.96. The number of aromatic hydroxyl groups is 1. The molecule has 18 heteroatoms. The first-order valence-electron chi connectivity index (χ1n) is 12.4. The molecule has 16 nitrogen and oxygen atoms in total. The van der Waals surface area contributed by atoms with E-state index in [4.69, 9.17) is 10.6 Å². The summed E-state index contributed by atoms with van der Waals surface area (Å²) in [5.41, 5.74) is 4.02. The first-order valence-corrected chi connectivity index (χ1v) is 14.3. The van der Waals surface area contributed by atoms with Gasteiger partial charge in [0.15, 0.2) is 16.6 Å². The monoisotopic (exact) mass is 629 g/mol. The van der Waals surface area contributed by atoms with Gasteiger partial charge < -0.3 is 31.2 Å². The molecule has 224 valence electrons. The minimum Gasteiger partial charge on any atom is -0.504 e. The van der Waals surface area contributed by atoms with Crippen molar-refractivity contribution in [1.82, 2.24) is 25.0 Å². The van der Waals surface area contributed by atoms with E-state index in [1.165, 1.54) is 54.0 Å². The summed E-state index contributed by atoms with van der Waals surface area (Å²) in [7, 11) is 0. The summed E-state index contributed by atoms with van der Waals surface area (Å²) < 4.78 is 1.43. The van der Waals surface area contributed by atoms with Crippen molar-refractivity contribution in [2.75, 3.05) is 11.5 Å². The zero-order valence-corrected chi connectivity index (χ0v) is 24.0. The fraction of sp³-hybridized carbons (Fsp3) is 0.280. The smallest absolute Gasteiger partial charge is 0.352 e. The SMILES string of the molecule is CC(C)(O/N=C(\C(=O)NC1C(=O)N2C(C(=O)O)=C(Cn3cc4cc(O)c(=O)cc-4cn3)CSC12)c1csc(N)n1)C(=O)O. The molecule has 0 spiro atoms. The lowest BCUT2D eigenvalue weighted by Gasteiger charge is -2.49. The second kappa shape index (κ2) is 11.0. The van der Waals surface area contributed by atoms with E-state index in [1.807, 2.05) is 0 Å². The van der Waals surface area contributed by atoms with E-state index < -0.39 is 57.7 Å². The number of anilines is 1. The summed E-state index contributed by atoms with van der Waals surface area (Å²) in [6.45, 7) is 2.45. The van der Waals surface area contributed by atoms with Crippen molar-refractivity contribution in [3.63, 3.8) is 0 Å². The van der Waals surface area contributed by atoms with E-state index in [1.54, 1.807) is 6.20 Å². The summed E-state index contributed by atoms with van der Waals surface area (Å²) >= 11 is 2.22. The Morgan fingerprint density at radius 2 is 1.98 bits per heavy atom. The van der Waals surface area contributed by atoms with Crippen molar-refractivity contribution < 1.29 is 39.3 Å². The van der Waals surface area contributed by atoms with Crippen molar-refractivity contribution >= 4 is 57.7 Å². The Morgan fingerprint density at radius 3 is 2.63 bits per heavy atom. The summed E-state index contributed by atoms with van der Waals surface area (Å²) in [4.78, 5) is 72.0. The number of β-lactam (4-membered cyclic amide) rings is 1. The molecule has 1 aromatic heterocycles. The van der Waals surface area contributed by atoms with Gasteiger partial charge in [0.1, 0.15) is 22.8 Å². The highest BCUT2D eigenvalue weighted by Crippen LogP contribution is 2.41. The summed E-state index contributed by atoms with van der Waals surface area (Å²) in [5.74, 6) is -4.54. The Labute approximate surface area is 249 Å². The quantitative estimate of drug-likeness (QED) is 0.120. The number of carbonyl (C=O) groups is 4. The number of nitrogens with zero attached hydrogens (tertiary/aromatic N) is 5. The van der Waals surface area contributed by atoms with Crippen molar-refractivity contribution in [2.24, 2.45) is 5.16 Å². The highest BCUT2D eigenvalue weighted by molar-refractivity contribution is 8.00. The number of carboxylic acids is 2. The maximum atomic E-state index is 13.2. The molecule has 0 aromatic carbocycles. The van der Waals surface area contributed by atoms with Gasteiger partial charge in [-0.1, -0.05) is 5.16 Å². The lowest BCUT2D eigenvalue weighted by Crippen LogP contribution is -2.71. The zero-order chi connectivity index (χ0) is 31.2. The molecule has 43 heavy (non-hydrogen) atoms. The number of carboxylic acid groups (broad SMARTS) is 2. The van der Waals surface area contributed by atoms with Crippen LogP contribution in [-0.2, 0) is 30.6 Å². The number of phenols is 1. The number of fused-ring (bicyclic) bond motifs is 2. The number of carbonyl (C=O) groups excluding carboxylic acids is 2. The largest absolute Gasteiger partial charge is 0.504 e. The topological polar surface area (TPSA) is 240 Å². The molecule has 1 aromatic rings. The van der Waals surface area contributed by atoms with Crippen molar-refractivity contribution in [1.29, 1.82) is 0 Å².